The smallest absolute Gasteiger partial charge is 0.325 e. The van der Waals surface area contributed by atoms with Crippen molar-refractivity contribution < 1.29 is 24.0 Å². The number of nitro benzene ring substituents is 1. The van der Waals surface area contributed by atoms with E-state index in [4.69, 9.17) is 11.6 Å². The summed E-state index contributed by atoms with van der Waals surface area (Å²) in [4.78, 5) is 44.6. The summed E-state index contributed by atoms with van der Waals surface area (Å²) in [5, 5.41) is 15.4. The SMILES string of the molecule is CCCNC(=O)COC(=O)CNC(=O)c1ccc(Cl)c([N+](=O)[O-])c1. The fourth-order valence-corrected chi connectivity index (χ4v) is 1.75. The van der Waals surface area contributed by atoms with Crippen molar-refractivity contribution in [3.63, 3.8) is 0 Å². The maximum absolute atomic E-state index is 11.9. The first-order valence-corrected chi connectivity index (χ1v) is 7.37. The van der Waals surface area contributed by atoms with E-state index in [2.05, 4.69) is 15.4 Å². The molecule has 0 heterocycles. The highest BCUT2D eigenvalue weighted by molar-refractivity contribution is 6.32. The van der Waals surface area contributed by atoms with Crippen LogP contribution in [0.4, 0.5) is 5.69 Å². The van der Waals surface area contributed by atoms with Crippen molar-refractivity contribution in [2.45, 2.75) is 13.3 Å². The number of rotatable bonds is 8. The Morgan fingerprint density at radius 2 is 2.00 bits per heavy atom. The molecule has 0 aliphatic rings. The van der Waals surface area contributed by atoms with Crippen LogP contribution in [0.2, 0.25) is 5.02 Å². The Morgan fingerprint density at radius 3 is 2.62 bits per heavy atom. The van der Waals surface area contributed by atoms with Gasteiger partial charge in [-0.2, -0.15) is 0 Å². The Balaban J connectivity index is 2.48. The van der Waals surface area contributed by atoms with Gasteiger partial charge in [-0.3, -0.25) is 24.5 Å². The number of esters is 1. The number of hydrogen-bond donors (Lipinski definition) is 2. The first kappa shape index (κ1) is 19.4. The zero-order valence-corrected chi connectivity index (χ0v) is 13.6. The first-order valence-electron chi connectivity index (χ1n) is 6.99. The molecule has 0 spiro atoms. The molecule has 0 aromatic heterocycles. The average molecular weight is 358 g/mol. The molecule has 0 radical (unpaired) electrons. The Morgan fingerprint density at radius 1 is 1.29 bits per heavy atom. The Kier molecular flexibility index (Phi) is 7.63. The molecule has 0 atom stereocenters. The zero-order chi connectivity index (χ0) is 18.1. The van der Waals surface area contributed by atoms with Gasteiger partial charge in [0.25, 0.3) is 17.5 Å². The minimum Gasteiger partial charge on any atom is -0.454 e. The zero-order valence-electron chi connectivity index (χ0n) is 12.8. The molecule has 9 nitrogen and oxygen atoms in total. The lowest BCUT2D eigenvalue weighted by Gasteiger charge is -2.07. The summed E-state index contributed by atoms with van der Waals surface area (Å²) in [6.45, 7) is 1.43. The third-order valence-corrected chi connectivity index (χ3v) is 3.05. The molecule has 130 valence electrons. The normalized spacial score (nSPS) is 9.92. The second kappa shape index (κ2) is 9.46. The molecule has 0 saturated heterocycles. The van der Waals surface area contributed by atoms with E-state index in [1.165, 1.54) is 12.1 Å². The van der Waals surface area contributed by atoms with Crippen molar-refractivity contribution in [1.29, 1.82) is 0 Å². The van der Waals surface area contributed by atoms with E-state index in [-0.39, 0.29) is 10.6 Å². The number of halogens is 1. The van der Waals surface area contributed by atoms with Crippen LogP contribution in [0.3, 0.4) is 0 Å². The van der Waals surface area contributed by atoms with Crippen molar-refractivity contribution >= 4 is 35.1 Å². The predicted octanol–water partition coefficient (Wildman–Crippen LogP) is 1.05. The van der Waals surface area contributed by atoms with Gasteiger partial charge in [-0.05, 0) is 18.6 Å². The standard InChI is InChI=1S/C14H16ClN3O6/c1-2-5-16-12(19)8-24-13(20)7-17-14(21)9-3-4-10(15)11(6-9)18(22)23/h3-4,6H,2,5,7-8H2,1H3,(H,16,19)(H,17,21). The summed E-state index contributed by atoms with van der Waals surface area (Å²) in [6.07, 6.45) is 0.753. The maximum atomic E-state index is 11.9. The van der Waals surface area contributed by atoms with Crippen molar-refractivity contribution in [2.75, 3.05) is 19.7 Å². The lowest BCUT2D eigenvalue weighted by atomic mass is 10.2. The summed E-state index contributed by atoms with van der Waals surface area (Å²) in [5.41, 5.74) is -0.445. The van der Waals surface area contributed by atoms with E-state index in [1.54, 1.807) is 0 Å². The molecule has 0 aliphatic carbocycles. The van der Waals surface area contributed by atoms with Gasteiger partial charge in [0.2, 0.25) is 0 Å². The van der Waals surface area contributed by atoms with Crippen LogP contribution in [0.1, 0.15) is 23.7 Å². The Labute approximate surface area is 142 Å². The van der Waals surface area contributed by atoms with E-state index in [9.17, 15) is 24.5 Å². The van der Waals surface area contributed by atoms with Crippen LogP contribution in [-0.4, -0.2) is 42.4 Å². The molecule has 1 rings (SSSR count). The number of hydrogen-bond acceptors (Lipinski definition) is 6. The molecule has 0 aliphatic heterocycles. The summed E-state index contributed by atoms with van der Waals surface area (Å²) in [6, 6.07) is 3.50. The van der Waals surface area contributed by atoms with Crippen molar-refractivity contribution in [3.05, 3.63) is 38.9 Å². The molecule has 0 unspecified atom stereocenters. The lowest BCUT2D eigenvalue weighted by Crippen LogP contribution is -2.34. The van der Waals surface area contributed by atoms with Gasteiger partial charge in [0.05, 0.1) is 4.92 Å². The van der Waals surface area contributed by atoms with Crippen LogP contribution < -0.4 is 10.6 Å². The fourth-order valence-electron chi connectivity index (χ4n) is 1.56. The largest absolute Gasteiger partial charge is 0.454 e. The Bertz CT molecular complexity index is 649. The van der Waals surface area contributed by atoms with Gasteiger partial charge in [0.15, 0.2) is 6.61 Å². The highest BCUT2D eigenvalue weighted by Gasteiger charge is 2.17. The van der Waals surface area contributed by atoms with Crippen LogP contribution in [0.15, 0.2) is 18.2 Å². The molecule has 2 amide bonds. The number of amides is 2. The summed E-state index contributed by atoms with van der Waals surface area (Å²) < 4.78 is 4.67. The molecule has 0 saturated carbocycles. The molecule has 0 fully saturated rings. The van der Waals surface area contributed by atoms with Gasteiger partial charge in [-0.1, -0.05) is 18.5 Å². The molecule has 1 aromatic rings. The molecule has 0 bridgehead atoms. The molecular formula is C14H16ClN3O6. The third kappa shape index (κ3) is 6.21. The second-order valence-electron chi connectivity index (χ2n) is 4.62. The van der Waals surface area contributed by atoms with Crippen LogP contribution in [0.25, 0.3) is 0 Å². The van der Waals surface area contributed by atoms with Gasteiger partial charge < -0.3 is 15.4 Å². The van der Waals surface area contributed by atoms with Gasteiger partial charge in [-0.15, -0.1) is 0 Å². The van der Waals surface area contributed by atoms with Crippen LogP contribution >= 0.6 is 11.6 Å². The quantitative estimate of drug-likeness (QED) is 0.406. The minimum absolute atomic E-state index is 0.0282. The molecule has 10 heteroatoms. The molecular weight excluding hydrogens is 342 g/mol. The van der Waals surface area contributed by atoms with Crippen molar-refractivity contribution in [1.82, 2.24) is 10.6 Å². The van der Waals surface area contributed by atoms with Gasteiger partial charge in [0.1, 0.15) is 11.6 Å². The lowest BCUT2D eigenvalue weighted by molar-refractivity contribution is -0.384. The van der Waals surface area contributed by atoms with Gasteiger partial charge >= 0.3 is 5.97 Å². The van der Waals surface area contributed by atoms with Crippen LogP contribution in [0.5, 0.6) is 0 Å². The van der Waals surface area contributed by atoms with E-state index in [0.29, 0.717) is 6.54 Å². The number of carbonyl (C=O) groups excluding carboxylic acids is 3. The topological polar surface area (TPSA) is 128 Å². The first-order chi connectivity index (χ1) is 11.3. The number of nitrogens with one attached hydrogen (secondary N) is 2. The van der Waals surface area contributed by atoms with E-state index < -0.39 is 41.5 Å². The van der Waals surface area contributed by atoms with Crippen LogP contribution in [-0.2, 0) is 14.3 Å². The highest BCUT2D eigenvalue weighted by Crippen LogP contribution is 2.24. The average Bonchev–Trinajstić information content (AvgIpc) is 2.55. The summed E-state index contributed by atoms with van der Waals surface area (Å²) >= 11 is 5.65. The minimum atomic E-state index is -0.807. The third-order valence-electron chi connectivity index (χ3n) is 2.73. The number of nitro groups is 1. The van der Waals surface area contributed by atoms with Crippen LogP contribution in [0, 0.1) is 10.1 Å². The molecule has 24 heavy (non-hydrogen) atoms. The van der Waals surface area contributed by atoms with E-state index in [1.807, 2.05) is 6.92 Å². The highest BCUT2D eigenvalue weighted by atomic mass is 35.5. The monoisotopic (exact) mass is 357 g/mol. The van der Waals surface area contributed by atoms with Gasteiger partial charge in [0, 0.05) is 18.2 Å². The number of carbonyl (C=O) groups is 3. The Hall–Kier alpha value is -2.68. The van der Waals surface area contributed by atoms with E-state index in [0.717, 1.165) is 12.5 Å². The van der Waals surface area contributed by atoms with Gasteiger partial charge in [-0.25, -0.2) is 0 Å². The predicted molar refractivity (Wildman–Crippen MR) is 84.7 cm³/mol. The van der Waals surface area contributed by atoms with E-state index >= 15 is 0 Å². The summed E-state index contributed by atoms with van der Waals surface area (Å²) in [7, 11) is 0. The molecule has 2 N–H and O–H groups in total. The summed E-state index contributed by atoms with van der Waals surface area (Å²) in [5.74, 6) is -1.95. The molecule has 1 aromatic carbocycles. The fraction of sp³-hybridized carbons (Fsp3) is 0.357. The number of ether oxygens (including phenoxy) is 1. The van der Waals surface area contributed by atoms with Crippen molar-refractivity contribution in [2.24, 2.45) is 0 Å². The number of nitrogens with zero attached hydrogens (tertiary/aromatic N) is 1. The van der Waals surface area contributed by atoms with Crippen molar-refractivity contribution in [3.8, 4) is 0 Å². The second-order valence-corrected chi connectivity index (χ2v) is 5.02. The number of benzene rings is 1. The maximum Gasteiger partial charge on any atom is 0.325 e.